The molecule has 0 amide bonds. The fourth-order valence-corrected chi connectivity index (χ4v) is 3.83. The summed E-state index contributed by atoms with van der Waals surface area (Å²) in [6.07, 6.45) is 1.54. The van der Waals surface area contributed by atoms with Gasteiger partial charge in [-0.15, -0.1) is 0 Å². The molecule has 0 unspecified atom stereocenters. The summed E-state index contributed by atoms with van der Waals surface area (Å²) in [5.41, 5.74) is 3.33. The lowest BCUT2D eigenvalue weighted by Gasteiger charge is -2.14. The molecule has 29 heavy (non-hydrogen) atoms. The van der Waals surface area contributed by atoms with Crippen LogP contribution in [0.2, 0.25) is 0 Å². The van der Waals surface area contributed by atoms with Gasteiger partial charge in [0.15, 0.2) is 5.43 Å². The van der Waals surface area contributed by atoms with E-state index in [0.29, 0.717) is 21.8 Å². The Morgan fingerprint density at radius 3 is 2.45 bits per heavy atom. The molecule has 0 aliphatic carbocycles. The van der Waals surface area contributed by atoms with Gasteiger partial charge in [-0.05, 0) is 54.3 Å². The largest absolute Gasteiger partial charge is 0.496 e. The van der Waals surface area contributed by atoms with E-state index in [-0.39, 0.29) is 12.0 Å². The lowest BCUT2D eigenvalue weighted by Crippen LogP contribution is -2.16. The Bertz CT molecular complexity index is 1270. The van der Waals surface area contributed by atoms with E-state index in [2.05, 4.69) is 0 Å². The monoisotopic (exact) mass is 387 g/mol. The van der Waals surface area contributed by atoms with Gasteiger partial charge >= 0.3 is 5.97 Å². The molecule has 5 heteroatoms. The minimum atomic E-state index is -0.944. The molecule has 0 saturated heterocycles. The SMILES string of the molecule is COc1ccccc1CCc1ccc2c(c1)c(=O)c1ccccc1n2CC(=O)O. The summed E-state index contributed by atoms with van der Waals surface area (Å²) >= 11 is 0. The fraction of sp³-hybridized carbons (Fsp3) is 0.167. The molecule has 0 aliphatic rings. The van der Waals surface area contributed by atoms with Gasteiger partial charge in [0.1, 0.15) is 12.3 Å². The predicted octanol–water partition coefficient (Wildman–Crippen LogP) is 4.03. The number of para-hydroxylation sites is 2. The zero-order valence-electron chi connectivity index (χ0n) is 16.1. The van der Waals surface area contributed by atoms with Crippen LogP contribution in [0.5, 0.6) is 5.75 Å². The van der Waals surface area contributed by atoms with Gasteiger partial charge in [0.2, 0.25) is 0 Å². The molecule has 0 saturated carbocycles. The molecule has 1 heterocycles. The number of aryl methyl sites for hydroxylation is 2. The van der Waals surface area contributed by atoms with Crippen LogP contribution < -0.4 is 10.2 Å². The summed E-state index contributed by atoms with van der Waals surface area (Å²) in [4.78, 5) is 24.5. The zero-order chi connectivity index (χ0) is 20.4. The minimum absolute atomic E-state index is 0.0728. The van der Waals surface area contributed by atoms with Crippen molar-refractivity contribution in [1.29, 1.82) is 0 Å². The van der Waals surface area contributed by atoms with Crippen molar-refractivity contribution in [3.63, 3.8) is 0 Å². The summed E-state index contributed by atoms with van der Waals surface area (Å²) < 4.78 is 7.11. The first-order valence-electron chi connectivity index (χ1n) is 9.46. The maximum absolute atomic E-state index is 13.1. The molecular formula is C24H21NO4. The molecule has 0 fully saturated rings. The highest BCUT2D eigenvalue weighted by atomic mass is 16.5. The average molecular weight is 387 g/mol. The standard InChI is InChI=1S/C24H21NO4/c1-29-22-9-5-2-6-17(22)12-10-16-11-13-21-19(14-16)24(28)18-7-3-4-8-20(18)25(21)15-23(26)27/h2-9,11,13-14H,10,12,15H2,1H3,(H,26,27). The number of hydrogen-bond donors (Lipinski definition) is 1. The Balaban J connectivity index is 1.79. The van der Waals surface area contributed by atoms with Crippen molar-refractivity contribution < 1.29 is 14.6 Å². The summed E-state index contributed by atoms with van der Waals surface area (Å²) in [6.45, 7) is -0.197. The van der Waals surface area contributed by atoms with Gasteiger partial charge in [0.05, 0.1) is 18.1 Å². The number of carboxylic acid groups (broad SMARTS) is 1. The van der Waals surface area contributed by atoms with Gasteiger partial charge in [-0.25, -0.2) is 0 Å². The predicted molar refractivity (Wildman–Crippen MR) is 114 cm³/mol. The highest BCUT2D eigenvalue weighted by Crippen LogP contribution is 2.23. The van der Waals surface area contributed by atoms with Gasteiger partial charge in [-0.3, -0.25) is 9.59 Å². The number of carboxylic acids is 1. The van der Waals surface area contributed by atoms with Crippen LogP contribution >= 0.6 is 0 Å². The molecule has 0 atom stereocenters. The number of rotatable bonds is 6. The highest BCUT2D eigenvalue weighted by Gasteiger charge is 2.13. The van der Waals surface area contributed by atoms with E-state index in [1.165, 1.54) is 0 Å². The molecule has 3 aromatic carbocycles. The molecule has 0 aliphatic heterocycles. The number of hydrogen-bond acceptors (Lipinski definition) is 3. The first kappa shape index (κ1) is 18.7. The van der Waals surface area contributed by atoms with Gasteiger partial charge in [0, 0.05) is 10.8 Å². The molecule has 146 valence electrons. The molecule has 1 aromatic heterocycles. The van der Waals surface area contributed by atoms with Gasteiger partial charge in [0.25, 0.3) is 0 Å². The number of carbonyl (C=O) groups is 1. The fourth-order valence-electron chi connectivity index (χ4n) is 3.83. The quantitative estimate of drug-likeness (QED) is 0.507. The van der Waals surface area contributed by atoms with E-state index in [9.17, 15) is 14.7 Å². The van der Waals surface area contributed by atoms with Crippen LogP contribution in [0.25, 0.3) is 21.8 Å². The third-order valence-electron chi connectivity index (χ3n) is 5.20. The van der Waals surface area contributed by atoms with Crippen LogP contribution in [0.15, 0.2) is 71.5 Å². The Labute approximate surface area is 167 Å². The van der Waals surface area contributed by atoms with E-state index in [1.54, 1.807) is 29.9 Å². The number of benzene rings is 3. The minimum Gasteiger partial charge on any atom is -0.496 e. The van der Waals surface area contributed by atoms with Crippen molar-refractivity contribution in [2.24, 2.45) is 0 Å². The number of pyridine rings is 1. The number of ether oxygens (including phenoxy) is 1. The van der Waals surface area contributed by atoms with Crippen molar-refractivity contribution in [2.75, 3.05) is 7.11 Å². The van der Waals surface area contributed by atoms with Crippen LogP contribution in [-0.4, -0.2) is 22.8 Å². The van der Waals surface area contributed by atoms with Crippen molar-refractivity contribution in [1.82, 2.24) is 4.57 Å². The Morgan fingerprint density at radius 1 is 0.931 bits per heavy atom. The van der Waals surface area contributed by atoms with Gasteiger partial charge in [-0.1, -0.05) is 36.4 Å². The topological polar surface area (TPSA) is 68.5 Å². The normalized spacial score (nSPS) is 11.1. The van der Waals surface area contributed by atoms with Crippen LogP contribution in [-0.2, 0) is 24.2 Å². The number of fused-ring (bicyclic) bond motifs is 2. The molecule has 5 nitrogen and oxygen atoms in total. The van der Waals surface area contributed by atoms with Gasteiger partial charge < -0.3 is 14.4 Å². The number of aliphatic carboxylic acids is 1. The first-order chi connectivity index (χ1) is 14.1. The molecule has 4 aromatic rings. The second-order valence-electron chi connectivity index (χ2n) is 6.99. The zero-order valence-corrected chi connectivity index (χ0v) is 16.1. The molecule has 1 N–H and O–H groups in total. The summed E-state index contributed by atoms with van der Waals surface area (Å²) in [6, 6.07) is 20.7. The lowest BCUT2D eigenvalue weighted by molar-refractivity contribution is -0.137. The smallest absolute Gasteiger partial charge is 0.323 e. The van der Waals surface area contributed by atoms with E-state index in [4.69, 9.17) is 4.74 Å². The van der Waals surface area contributed by atoms with Crippen molar-refractivity contribution in [3.05, 3.63) is 88.1 Å². The highest BCUT2D eigenvalue weighted by molar-refractivity contribution is 5.94. The van der Waals surface area contributed by atoms with Crippen molar-refractivity contribution in [2.45, 2.75) is 19.4 Å². The summed E-state index contributed by atoms with van der Waals surface area (Å²) in [5, 5.41) is 10.4. The maximum atomic E-state index is 13.1. The van der Waals surface area contributed by atoms with Crippen LogP contribution in [0.3, 0.4) is 0 Å². The van der Waals surface area contributed by atoms with E-state index in [1.807, 2.05) is 48.5 Å². The van der Waals surface area contributed by atoms with E-state index < -0.39 is 5.97 Å². The number of methoxy groups -OCH3 is 1. The molecule has 0 radical (unpaired) electrons. The summed E-state index contributed by atoms with van der Waals surface area (Å²) in [5.74, 6) is -0.0940. The Kier molecular flexibility index (Phi) is 5.04. The van der Waals surface area contributed by atoms with E-state index in [0.717, 1.165) is 29.7 Å². The second-order valence-corrected chi connectivity index (χ2v) is 6.99. The van der Waals surface area contributed by atoms with E-state index >= 15 is 0 Å². The van der Waals surface area contributed by atoms with Crippen molar-refractivity contribution >= 4 is 27.8 Å². The first-order valence-corrected chi connectivity index (χ1v) is 9.46. The molecule has 0 bridgehead atoms. The molecular weight excluding hydrogens is 366 g/mol. The molecule has 4 rings (SSSR count). The van der Waals surface area contributed by atoms with Crippen LogP contribution in [0, 0.1) is 0 Å². The third-order valence-corrected chi connectivity index (χ3v) is 5.20. The summed E-state index contributed by atoms with van der Waals surface area (Å²) in [7, 11) is 1.66. The third kappa shape index (κ3) is 3.59. The van der Waals surface area contributed by atoms with Crippen molar-refractivity contribution in [3.8, 4) is 5.75 Å². The number of aromatic nitrogens is 1. The van der Waals surface area contributed by atoms with Gasteiger partial charge in [-0.2, -0.15) is 0 Å². The lowest BCUT2D eigenvalue weighted by atomic mass is 10.0. The van der Waals surface area contributed by atoms with Crippen LogP contribution in [0.1, 0.15) is 11.1 Å². The molecule has 0 spiro atoms. The number of nitrogens with zero attached hydrogens (tertiary/aromatic N) is 1. The average Bonchev–Trinajstić information content (AvgIpc) is 2.75. The maximum Gasteiger partial charge on any atom is 0.323 e. The van der Waals surface area contributed by atoms with Crippen LogP contribution in [0.4, 0.5) is 0 Å². The Morgan fingerprint density at radius 2 is 1.66 bits per heavy atom. The Hall–Kier alpha value is -3.60. The second kappa shape index (κ2) is 7.80.